The lowest BCUT2D eigenvalue weighted by Gasteiger charge is -2.35. The quantitative estimate of drug-likeness (QED) is 0.726. The molecule has 0 saturated carbocycles. The number of hydrogen-bond acceptors (Lipinski definition) is 3. The zero-order chi connectivity index (χ0) is 16.9. The van der Waals surface area contributed by atoms with Crippen molar-refractivity contribution in [3.63, 3.8) is 0 Å². The van der Waals surface area contributed by atoms with Crippen LogP contribution in [0.3, 0.4) is 0 Å². The van der Waals surface area contributed by atoms with E-state index < -0.39 is 0 Å². The van der Waals surface area contributed by atoms with E-state index in [1.54, 1.807) is 7.11 Å². The van der Waals surface area contributed by atoms with Gasteiger partial charge >= 0.3 is 0 Å². The molecule has 0 N–H and O–H groups in total. The van der Waals surface area contributed by atoms with Crippen LogP contribution in [0, 0.1) is 0 Å². The van der Waals surface area contributed by atoms with E-state index in [-0.39, 0.29) is 0 Å². The predicted octanol–water partition coefficient (Wildman–Crippen LogP) is 4.43. The Kier molecular flexibility index (Phi) is 6.17. The van der Waals surface area contributed by atoms with Crippen LogP contribution in [0.4, 0.5) is 0 Å². The van der Waals surface area contributed by atoms with E-state index in [1.807, 2.05) is 18.2 Å². The van der Waals surface area contributed by atoms with Crippen LogP contribution in [0.25, 0.3) is 0 Å². The summed E-state index contributed by atoms with van der Waals surface area (Å²) in [5.41, 5.74) is 2.52. The monoisotopic (exact) mass is 408 g/mol. The molecule has 0 radical (unpaired) electrons. The Hall–Kier alpha value is -1.07. The molecule has 2 aromatic rings. The van der Waals surface area contributed by atoms with E-state index in [9.17, 15) is 0 Å². The van der Waals surface area contributed by atoms with Gasteiger partial charge in [-0.3, -0.25) is 9.80 Å². The second-order valence-electron chi connectivity index (χ2n) is 6.11. The molecule has 0 atom stereocenters. The van der Waals surface area contributed by atoms with Gasteiger partial charge in [-0.2, -0.15) is 0 Å². The molecule has 0 aliphatic carbocycles. The van der Waals surface area contributed by atoms with Gasteiger partial charge in [0.25, 0.3) is 0 Å². The summed E-state index contributed by atoms with van der Waals surface area (Å²) in [4.78, 5) is 4.97. The van der Waals surface area contributed by atoms with Crippen molar-refractivity contribution in [1.29, 1.82) is 0 Å². The maximum Gasteiger partial charge on any atom is 0.133 e. The lowest BCUT2D eigenvalue weighted by atomic mass is 10.1. The Morgan fingerprint density at radius 3 is 2.29 bits per heavy atom. The molecule has 1 saturated heterocycles. The van der Waals surface area contributed by atoms with Crippen molar-refractivity contribution in [2.24, 2.45) is 0 Å². The molecule has 1 aliphatic heterocycles. The first kappa shape index (κ1) is 17.7. The molecular formula is C19H22BrClN2O. The highest BCUT2D eigenvalue weighted by Crippen LogP contribution is 2.26. The van der Waals surface area contributed by atoms with Crippen molar-refractivity contribution in [3.05, 3.63) is 63.1 Å². The number of ether oxygens (including phenoxy) is 1. The minimum atomic E-state index is 0.864. The van der Waals surface area contributed by atoms with Crippen LogP contribution in [0.2, 0.25) is 5.02 Å². The summed E-state index contributed by atoms with van der Waals surface area (Å²) in [6.07, 6.45) is 0. The van der Waals surface area contributed by atoms with Crippen molar-refractivity contribution in [1.82, 2.24) is 9.80 Å². The largest absolute Gasteiger partial charge is 0.496 e. The molecule has 1 aliphatic rings. The fourth-order valence-corrected chi connectivity index (χ4v) is 3.82. The van der Waals surface area contributed by atoms with Gasteiger partial charge in [0, 0.05) is 44.3 Å². The first-order chi connectivity index (χ1) is 11.7. The number of benzene rings is 2. The second-order valence-corrected chi connectivity index (χ2v) is 7.37. The topological polar surface area (TPSA) is 15.7 Å². The van der Waals surface area contributed by atoms with Gasteiger partial charge in [-0.25, -0.2) is 0 Å². The Labute approximate surface area is 157 Å². The maximum absolute atomic E-state index is 6.27. The number of methoxy groups -OCH3 is 1. The Morgan fingerprint density at radius 2 is 1.67 bits per heavy atom. The molecule has 24 heavy (non-hydrogen) atoms. The summed E-state index contributed by atoms with van der Waals surface area (Å²) in [6.45, 7) is 6.21. The summed E-state index contributed by atoms with van der Waals surface area (Å²) >= 11 is 9.83. The number of piperazine rings is 1. The third kappa shape index (κ3) is 4.51. The van der Waals surface area contributed by atoms with Gasteiger partial charge in [0.15, 0.2) is 0 Å². The van der Waals surface area contributed by atoms with Crippen molar-refractivity contribution < 1.29 is 4.74 Å². The first-order valence-electron chi connectivity index (χ1n) is 8.16. The molecule has 2 aromatic carbocycles. The predicted molar refractivity (Wildman–Crippen MR) is 103 cm³/mol. The van der Waals surface area contributed by atoms with Gasteiger partial charge in [-0.1, -0.05) is 35.9 Å². The average molecular weight is 410 g/mol. The van der Waals surface area contributed by atoms with Gasteiger partial charge in [0.05, 0.1) is 11.6 Å². The van der Waals surface area contributed by atoms with E-state index >= 15 is 0 Å². The first-order valence-corrected chi connectivity index (χ1v) is 9.33. The third-order valence-electron chi connectivity index (χ3n) is 4.44. The van der Waals surface area contributed by atoms with Crippen molar-refractivity contribution >= 4 is 27.5 Å². The van der Waals surface area contributed by atoms with Gasteiger partial charge in [0.1, 0.15) is 5.75 Å². The van der Waals surface area contributed by atoms with Crippen LogP contribution in [0.15, 0.2) is 46.9 Å². The summed E-state index contributed by atoms with van der Waals surface area (Å²) < 4.78 is 6.31. The normalized spacial score (nSPS) is 16.3. The number of hydrogen-bond donors (Lipinski definition) is 0. The van der Waals surface area contributed by atoms with Crippen LogP contribution in [-0.4, -0.2) is 43.1 Å². The molecule has 3 nitrogen and oxygen atoms in total. The van der Waals surface area contributed by atoms with E-state index in [1.165, 1.54) is 11.1 Å². The molecule has 1 fully saturated rings. The highest BCUT2D eigenvalue weighted by atomic mass is 79.9. The molecule has 1 heterocycles. The van der Waals surface area contributed by atoms with E-state index in [4.69, 9.17) is 16.3 Å². The Balaban J connectivity index is 1.52. The minimum Gasteiger partial charge on any atom is -0.496 e. The summed E-state index contributed by atoms with van der Waals surface area (Å²) in [7, 11) is 1.69. The summed E-state index contributed by atoms with van der Waals surface area (Å²) in [6, 6.07) is 14.4. The lowest BCUT2D eigenvalue weighted by molar-refractivity contribution is 0.122. The van der Waals surface area contributed by atoms with Gasteiger partial charge in [-0.05, 0) is 45.3 Å². The Bertz CT molecular complexity index is 687. The zero-order valence-electron chi connectivity index (χ0n) is 13.8. The number of nitrogens with zero attached hydrogens (tertiary/aromatic N) is 2. The van der Waals surface area contributed by atoms with Crippen molar-refractivity contribution in [2.45, 2.75) is 13.1 Å². The highest BCUT2D eigenvalue weighted by Gasteiger charge is 2.18. The van der Waals surface area contributed by atoms with Crippen LogP contribution in [-0.2, 0) is 13.1 Å². The van der Waals surface area contributed by atoms with Crippen LogP contribution in [0.1, 0.15) is 11.1 Å². The molecule has 128 valence electrons. The van der Waals surface area contributed by atoms with Gasteiger partial charge in [0.2, 0.25) is 0 Å². The van der Waals surface area contributed by atoms with Crippen molar-refractivity contribution in [2.75, 3.05) is 33.3 Å². The van der Waals surface area contributed by atoms with Crippen LogP contribution >= 0.6 is 27.5 Å². The van der Waals surface area contributed by atoms with Gasteiger partial charge in [-0.15, -0.1) is 0 Å². The fourth-order valence-electron chi connectivity index (χ4n) is 3.04. The molecule has 0 amide bonds. The van der Waals surface area contributed by atoms with Crippen molar-refractivity contribution in [3.8, 4) is 5.75 Å². The third-order valence-corrected chi connectivity index (χ3v) is 5.43. The Morgan fingerprint density at radius 1 is 1.00 bits per heavy atom. The summed E-state index contributed by atoms with van der Waals surface area (Å²) in [5.74, 6) is 0.878. The highest BCUT2D eigenvalue weighted by molar-refractivity contribution is 9.10. The van der Waals surface area contributed by atoms with E-state index in [0.717, 1.165) is 54.5 Å². The van der Waals surface area contributed by atoms with Crippen LogP contribution in [0.5, 0.6) is 5.75 Å². The summed E-state index contributed by atoms with van der Waals surface area (Å²) in [5, 5.41) is 0.864. The molecule has 5 heteroatoms. The molecule has 0 unspecified atom stereocenters. The smallest absolute Gasteiger partial charge is 0.133 e. The average Bonchev–Trinajstić information content (AvgIpc) is 2.59. The molecule has 0 spiro atoms. The van der Waals surface area contributed by atoms with Gasteiger partial charge < -0.3 is 4.74 Å². The SMILES string of the molecule is COc1ccc(CN2CCN(Cc3ccccc3Cl)CC2)cc1Br. The zero-order valence-corrected chi connectivity index (χ0v) is 16.2. The standard InChI is InChI=1S/C19H22BrClN2O/c1-24-19-7-6-15(12-17(19)20)13-22-8-10-23(11-9-22)14-16-4-2-3-5-18(16)21/h2-7,12H,8-11,13-14H2,1H3. The maximum atomic E-state index is 6.27. The molecular weight excluding hydrogens is 388 g/mol. The fraction of sp³-hybridized carbons (Fsp3) is 0.368. The number of halogens is 2. The minimum absolute atomic E-state index is 0.864. The van der Waals surface area contributed by atoms with E-state index in [2.05, 4.69) is 50.0 Å². The molecule has 0 aromatic heterocycles. The number of rotatable bonds is 5. The lowest BCUT2D eigenvalue weighted by Crippen LogP contribution is -2.45. The van der Waals surface area contributed by atoms with E-state index in [0.29, 0.717) is 0 Å². The second kappa shape index (κ2) is 8.34. The van der Waals surface area contributed by atoms with Crippen LogP contribution < -0.4 is 4.74 Å². The molecule has 0 bridgehead atoms. The molecule has 3 rings (SSSR count).